The highest BCUT2D eigenvalue weighted by Crippen LogP contribution is 2.41. The fourth-order valence-electron chi connectivity index (χ4n) is 4.52. The van der Waals surface area contributed by atoms with E-state index in [1.807, 2.05) is 30.3 Å². The number of fused-ring (bicyclic) bond motifs is 1. The van der Waals surface area contributed by atoms with Crippen LogP contribution in [0.3, 0.4) is 0 Å². The van der Waals surface area contributed by atoms with E-state index in [0.717, 1.165) is 35.1 Å². The summed E-state index contributed by atoms with van der Waals surface area (Å²) in [5.74, 6) is -0.518. The summed E-state index contributed by atoms with van der Waals surface area (Å²) in [4.78, 5) is 11.0. The standard InChI is InChI=1S/C26H27NO5S/c1-17-9-10-18(2)23(15-17)19-11-13-20(14-12-19)27(33(30)31)24-7-3-6-22-21(24)5-4-8-25(22)32-16-26(28)29/h4-5,8-15,24H,3,6-7,16H2,1-2H3,(H,28,29)(H,30,31). The highest BCUT2D eigenvalue weighted by atomic mass is 32.2. The fraction of sp³-hybridized carbons (Fsp3) is 0.269. The van der Waals surface area contributed by atoms with Gasteiger partial charge in [-0.25, -0.2) is 9.00 Å². The van der Waals surface area contributed by atoms with Gasteiger partial charge in [0.1, 0.15) is 5.75 Å². The van der Waals surface area contributed by atoms with Gasteiger partial charge >= 0.3 is 5.97 Å². The van der Waals surface area contributed by atoms with Crippen molar-refractivity contribution < 1.29 is 23.4 Å². The van der Waals surface area contributed by atoms with Gasteiger partial charge in [-0.05, 0) is 79.1 Å². The molecule has 2 atom stereocenters. The van der Waals surface area contributed by atoms with Gasteiger partial charge in [0.15, 0.2) is 6.61 Å². The SMILES string of the molecule is Cc1ccc(C)c(-c2ccc(N(C3CCCc4c(OCC(=O)O)cccc43)S(=O)O)cc2)c1. The highest BCUT2D eigenvalue weighted by Gasteiger charge is 2.31. The Labute approximate surface area is 196 Å². The molecule has 4 rings (SSSR count). The molecule has 0 aromatic heterocycles. The van der Waals surface area contributed by atoms with E-state index in [9.17, 15) is 13.6 Å². The molecule has 0 bridgehead atoms. The maximum absolute atomic E-state index is 12.5. The predicted molar refractivity (Wildman–Crippen MR) is 130 cm³/mol. The molecular formula is C26H27NO5S. The number of nitrogens with zero attached hydrogens (tertiary/aromatic N) is 1. The molecule has 1 aliphatic rings. The van der Waals surface area contributed by atoms with E-state index in [0.29, 0.717) is 17.9 Å². The second kappa shape index (κ2) is 9.77. The number of aryl methyl sites for hydroxylation is 2. The molecule has 0 radical (unpaired) electrons. The molecule has 0 aliphatic heterocycles. The molecule has 3 aromatic carbocycles. The number of carbonyl (C=O) groups is 1. The van der Waals surface area contributed by atoms with Gasteiger partial charge in [-0.2, -0.15) is 0 Å². The Morgan fingerprint density at radius 3 is 2.58 bits per heavy atom. The summed E-state index contributed by atoms with van der Waals surface area (Å²) in [6, 6.07) is 19.2. The first-order valence-electron chi connectivity index (χ1n) is 10.9. The number of benzene rings is 3. The number of aliphatic carboxylic acids is 1. The molecular weight excluding hydrogens is 438 g/mol. The van der Waals surface area contributed by atoms with Crippen LogP contribution < -0.4 is 9.04 Å². The van der Waals surface area contributed by atoms with E-state index in [4.69, 9.17) is 9.84 Å². The lowest BCUT2D eigenvalue weighted by atomic mass is 9.86. The van der Waals surface area contributed by atoms with Crippen molar-refractivity contribution in [2.45, 2.75) is 39.2 Å². The van der Waals surface area contributed by atoms with E-state index in [2.05, 4.69) is 32.0 Å². The summed E-state index contributed by atoms with van der Waals surface area (Å²) in [6.07, 6.45) is 2.25. The Bertz CT molecular complexity index is 1190. The van der Waals surface area contributed by atoms with E-state index < -0.39 is 23.8 Å². The molecule has 0 fully saturated rings. The Morgan fingerprint density at radius 1 is 1.12 bits per heavy atom. The van der Waals surface area contributed by atoms with Crippen molar-refractivity contribution >= 4 is 22.9 Å². The maximum Gasteiger partial charge on any atom is 0.341 e. The van der Waals surface area contributed by atoms with Gasteiger partial charge in [-0.1, -0.05) is 48.0 Å². The summed E-state index contributed by atoms with van der Waals surface area (Å²) in [7, 11) is 0. The molecule has 172 valence electrons. The molecule has 2 N–H and O–H groups in total. The van der Waals surface area contributed by atoms with Gasteiger partial charge in [-0.3, -0.25) is 8.86 Å². The lowest BCUT2D eigenvalue weighted by Crippen LogP contribution is -2.33. The molecule has 0 saturated carbocycles. The van der Waals surface area contributed by atoms with Crippen LogP contribution in [0, 0.1) is 13.8 Å². The van der Waals surface area contributed by atoms with Gasteiger partial charge in [0, 0.05) is 0 Å². The van der Waals surface area contributed by atoms with Crippen LogP contribution in [-0.4, -0.2) is 26.4 Å². The number of anilines is 1. The van der Waals surface area contributed by atoms with Gasteiger partial charge in [0.2, 0.25) is 0 Å². The minimum Gasteiger partial charge on any atom is -0.482 e. The lowest BCUT2D eigenvalue weighted by Gasteiger charge is -2.35. The van der Waals surface area contributed by atoms with E-state index >= 15 is 0 Å². The topological polar surface area (TPSA) is 87.1 Å². The average Bonchev–Trinajstić information content (AvgIpc) is 2.80. The third-order valence-electron chi connectivity index (χ3n) is 6.06. The molecule has 1 aliphatic carbocycles. The zero-order valence-electron chi connectivity index (χ0n) is 18.7. The van der Waals surface area contributed by atoms with Crippen molar-refractivity contribution in [1.82, 2.24) is 0 Å². The maximum atomic E-state index is 12.5. The summed E-state index contributed by atoms with van der Waals surface area (Å²) < 4.78 is 29.7. The van der Waals surface area contributed by atoms with Crippen molar-refractivity contribution in [2.24, 2.45) is 0 Å². The highest BCUT2D eigenvalue weighted by molar-refractivity contribution is 7.80. The number of hydrogen-bond acceptors (Lipinski definition) is 3. The Kier molecular flexibility index (Phi) is 6.81. The minimum atomic E-state index is -2.24. The molecule has 0 spiro atoms. The largest absolute Gasteiger partial charge is 0.482 e. The van der Waals surface area contributed by atoms with Crippen LogP contribution in [0.5, 0.6) is 5.75 Å². The van der Waals surface area contributed by atoms with Crippen molar-refractivity contribution in [3.8, 4) is 16.9 Å². The first-order valence-corrected chi connectivity index (χ1v) is 12.0. The fourth-order valence-corrected chi connectivity index (χ4v) is 5.26. The van der Waals surface area contributed by atoms with Gasteiger partial charge < -0.3 is 9.84 Å². The van der Waals surface area contributed by atoms with Crippen molar-refractivity contribution in [3.63, 3.8) is 0 Å². The van der Waals surface area contributed by atoms with Crippen LogP contribution in [0.25, 0.3) is 11.1 Å². The summed E-state index contributed by atoms with van der Waals surface area (Å²) >= 11 is -2.24. The van der Waals surface area contributed by atoms with Gasteiger partial charge in [-0.15, -0.1) is 0 Å². The van der Waals surface area contributed by atoms with E-state index in [1.165, 1.54) is 15.4 Å². The van der Waals surface area contributed by atoms with E-state index in [1.54, 1.807) is 12.1 Å². The molecule has 3 aromatic rings. The van der Waals surface area contributed by atoms with Crippen LogP contribution in [0.2, 0.25) is 0 Å². The molecule has 7 heteroatoms. The van der Waals surface area contributed by atoms with Gasteiger partial charge in [0.25, 0.3) is 11.3 Å². The number of carboxylic acid groups (broad SMARTS) is 1. The first-order chi connectivity index (χ1) is 15.8. The number of carboxylic acids is 1. The Hall–Kier alpha value is -3.16. The molecule has 0 amide bonds. The van der Waals surface area contributed by atoms with Crippen LogP contribution in [0.1, 0.15) is 41.1 Å². The third-order valence-corrected chi connectivity index (χ3v) is 6.86. The van der Waals surface area contributed by atoms with Crippen molar-refractivity contribution in [2.75, 3.05) is 10.9 Å². The first kappa shape index (κ1) is 23.0. The number of hydrogen-bond donors (Lipinski definition) is 2. The molecule has 6 nitrogen and oxygen atoms in total. The van der Waals surface area contributed by atoms with Gasteiger partial charge in [0.05, 0.1) is 11.7 Å². The van der Waals surface area contributed by atoms with Crippen molar-refractivity contribution in [1.29, 1.82) is 0 Å². The molecule has 33 heavy (non-hydrogen) atoms. The minimum absolute atomic E-state index is 0.320. The normalized spacial score (nSPS) is 16.0. The predicted octanol–water partition coefficient (Wildman–Crippen LogP) is 5.45. The molecule has 0 saturated heterocycles. The Balaban J connectivity index is 1.68. The summed E-state index contributed by atoms with van der Waals surface area (Å²) in [5.41, 5.74) is 6.99. The second-order valence-electron chi connectivity index (χ2n) is 8.34. The average molecular weight is 466 g/mol. The number of ether oxygens (including phenoxy) is 1. The lowest BCUT2D eigenvalue weighted by molar-refractivity contribution is -0.139. The zero-order valence-corrected chi connectivity index (χ0v) is 19.5. The summed E-state index contributed by atoms with van der Waals surface area (Å²) in [6.45, 7) is 3.71. The smallest absolute Gasteiger partial charge is 0.341 e. The van der Waals surface area contributed by atoms with Crippen molar-refractivity contribution in [3.05, 3.63) is 82.9 Å². The Morgan fingerprint density at radius 2 is 1.88 bits per heavy atom. The quantitative estimate of drug-likeness (QED) is 0.453. The van der Waals surface area contributed by atoms with Crippen LogP contribution in [0.4, 0.5) is 5.69 Å². The molecule has 2 unspecified atom stereocenters. The zero-order chi connectivity index (χ0) is 23.5. The summed E-state index contributed by atoms with van der Waals surface area (Å²) in [5, 5.41) is 8.97. The van der Waals surface area contributed by atoms with E-state index in [-0.39, 0.29) is 6.04 Å². The monoisotopic (exact) mass is 465 g/mol. The van der Waals surface area contributed by atoms with Crippen LogP contribution >= 0.6 is 0 Å². The second-order valence-corrected chi connectivity index (χ2v) is 9.19. The van der Waals surface area contributed by atoms with Crippen LogP contribution in [-0.2, 0) is 22.5 Å². The van der Waals surface area contributed by atoms with Crippen LogP contribution in [0.15, 0.2) is 60.7 Å². The third kappa shape index (κ3) is 4.94. The molecule has 0 heterocycles. The number of rotatable bonds is 7.